The van der Waals surface area contributed by atoms with E-state index >= 15 is 0 Å². The van der Waals surface area contributed by atoms with E-state index in [4.69, 9.17) is 16.2 Å². The van der Waals surface area contributed by atoms with Gasteiger partial charge in [0, 0.05) is 37.2 Å². The van der Waals surface area contributed by atoms with Gasteiger partial charge in [-0.2, -0.15) is 0 Å². The molecule has 2 aromatic carbocycles. The summed E-state index contributed by atoms with van der Waals surface area (Å²) in [5, 5.41) is 3.16. The van der Waals surface area contributed by atoms with Crippen molar-refractivity contribution in [1.82, 2.24) is 10.2 Å². The van der Waals surface area contributed by atoms with Gasteiger partial charge in [-0.05, 0) is 38.8 Å². The largest absolute Gasteiger partial charge is 0.457 e. The number of likely N-dealkylation sites (N-methyl/N-ethyl adjacent to an activating group) is 2. The Morgan fingerprint density at radius 3 is 2.44 bits per heavy atom. The van der Waals surface area contributed by atoms with Crippen LogP contribution in [0.5, 0.6) is 11.5 Å². The second-order valence-electron chi connectivity index (χ2n) is 6.34. The molecule has 0 aliphatic heterocycles. The SMILES string of the molecule is CNCCN(C)CC(CN)C(N)c1ccccc1Oc1ccccc1. The highest BCUT2D eigenvalue weighted by Crippen LogP contribution is 2.31. The number of nitrogens with zero attached hydrogens (tertiary/aromatic N) is 1. The maximum absolute atomic E-state index is 6.58. The molecule has 0 bridgehead atoms. The average molecular weight is 342 g/mol. The number of hydrogen-bond acceptors (Lipinski definition) is 5. The van der Waals surface area contributed by atoms with Gasteiger partial charge in [-0.1, -0.05) is 36.4 Å². The molecule has 2 aromatic rings. The van der Waals surface area contributed by atoms with Crippen LogP contribution in [0.1, 0.15) is 11.6 Å². The first-order chi connectivity index (χ1) is 12.2. The molecule has 0 aromatic heterocycles. The molecular formula is C20H30N4O. The molecule has 5 nitrogen and oxygen atoms in total. The maximum Gasteiger partial charge on any atom is 0.132 e. The summed E-state index contributed by atoms with van der Waals surface area (Å²) in [7, 11) is 4.05. The lowest BCUT2D eigenvalue weighted by Crippen LogP contribution is -2.39. The fourth-order valence-corrected chi connectivity index (χ4v) is 2.85. The molecule has 0 aliphatic rings. The van der Waals surface area contributed by atoms with Crippen LogP contribution in [0.15, 0.2) is 54.6 Å². The summed E-state index contributed by atoms with van der Waals surface area (Å²) in [5.74, 6) is 1.75. The molecule has 0 saturated carbocycles. The van der Waals surface area contributed by atoms with Crippen LogP contribution < -0.4 is 21.5 Å². The van der Waals surface area contributed by atoms with Gasteiger partial charge < -0.3 is 26.4 Å². The van der Waals surface area contributed by atoms with Gasteiger partial charge in [-0.3, -0.25) is 0 Å². The number of para-hydroxylation sites is 2. The number of rotatable bonds is 10. The minimum Gasteiger partial charge on any atom is -0.457 e. The van der Waals surface area contributed by atoms with Gasteiger partial charge in [0.25, 0.3) is 0 Å². The average Bonchev–Trinajstić information content (AvgIpc) is 2.65. The van der Waals surface area contributed by atoms with Crippen LogP contribution in [0.4, 0.5) is 0 Å². The molecule has 25 heavy (non-hydrogen) atoms. The Kier molecular flexibility index (Phi) is 7.88. The summed E-state index contributed by atoms with van der Waals surface area (Å²) in [6.07, 6.45) is 0. The lowest BCUT2D eigenvalue weighted by atomic mass is 9.92. The first-order valence-electron chi connectivity index (χ1n) is 8.76. The molecule has 0 spiro atoms. The maximum atomic E-state index is 6.58. The fraction of sp³-hybridized carbons (Fsp3) is 0.400. The number of benzene rings is 2. The zero-order chi connectivity index (χ0) is 18.1. The van der Waals surface area contributed by atoms with Gasteiger partial charge in [0.2, 0.25) is 0 Å². The van der Waals surface area contributed by atoms with E-state index in [1.54, 1.807) is 0 Å². The Hall–Kier alpha value is -1.92. The molecule has 0 fully saturated rings. The van der Waals surface area contributed by atoms with Crippen LogP contribution in [0, 0.1) is 5.92 Å². The highest BCUT2D eigenvalue weighted by Gasteiger charge is 2.22. The van der Waals surface area contributed by atoms with Crippen molar-refractivity contribution in [3.8, 4) is 11.5 Å². The smallest absolute Gasteiger partial charge is 0.132 e. The highest BCUT2D eigenvalue weighted by molar-refractivity contribution is 5.40. The van der Waals surface area contributed by atoms with Gasteiger partial charge in [-0.25, -0.2) is 0 Å². The highest BCUT2D eigenvalue weighted by atomic mass is 16.5. The van der Waals surface area contributed by atoms with Gasteiger partial charge in [0.05, 0.1) is 0 Å². The molecule has 0 saturated heterocycles. The van der Waals surface area contributed by atoms with Gasteiger partial charge in [0.15, 0.2) is 0 Å². The third-order valence-corrected chi connectivity index (χ3v) is 4.35. The summed E-state index contributed by atoms with van der Waals surface area (Å²) < 4.78 is 6.05. The van der Waals surface area contributed by atoms with Crippen LogP contribution >= 0.6 is 0 Å². The van der Waals surface area contributed by atoms with E-state index in [0.29, 0.717) is 6.54 Å². The van der Waals surface area contributed by atoms with Crippen molar-refractivity contribution in [1.29, 1.82) is 0 Å². The van der Waals surface area contributed by atoms with E-state index in [2.05, 4.69) is 17.3 Å². The van der Waals surface area contributed by atoms with Crippen molar-refractivity contribution in [2.75, 3.05) is 40.3 Å². The van der Waals surface area contributed by atoms with Gasteiger partial charge in [-0.15, -0.1) is 0 Å². The lowest BCUT2D eigenvalue weighted by molar-refractivity contribution is 0.256. The monoisotopic (exact) mass is 342 g/mol. The molecule has 2 unspecified atom stereocenters. The summed E-state index contributed by atoms with van der Waals surface area (Å²) in [4.78, 5) is 2.26. The summed E-state index contributed by atoms with van der Waals surface area (Å²) in [6.45, 7) is 3.28. The van der Waals surface area contributed by atoms with Gasteiger partial charge in [0.1, 0.15) is 11.5 Å². The molecule has 2 atom stereocenters. The van der Waals surface area contributed by atoms with Crippen molar-refractivity contribution in [2.24, 2.45) is 17.4 Å². The molecule has 136 valence electrons. The second kappa shape index (κ2) is 10.2. The predicted molar refractivity (Wildman–Crippen MR) is 104 cm³/mol. The van der Waals surface area contributed by atoms with Crippen molar-refractivity contribution >= 4 is 0 Å². The van der Waals surface area contributed by atoms with E-state index in [1.807, 2.05) is 61.6 Å². The zero-order valence-electron chi connectivity index (χ0n) is 15.2. The van der Waals surface area contributed by atoms with Crippen LogP contribution in [0.25, 0.3) is 0 Å². The van der Waals surface area contributed by atoms with Crippen molar-refractivity contribution < 1.29 is 4.74 Å². The van der Waals surface area contributed by atoms with Crippen molar-refractivity contribution in [3.05, 3.63) is 60.2 Å². The van der Waals surface area contributed by atoms with E-state index < -0.39 is 0 Å². The second-order valence-corrected chi connectivity index (χ2v) is 6.34. The summed E-state index contributed by atoms with van der Waals surface area (Å²) >= 11 is 0. The van der Waals surface area contributed by atoms with Gasteiger partial charge >= 0.3 is 0 Å². The summed E-state index contributed by atoms with van der Waals surface area (Å²) in [6, 6.07) is 17.5. The standard InChI is InChI=1S/C20H30N4O/c1-23-12-13-24(2)15-16(14-21)20(22)18-10-6-7-11-19(18)25-17-8-4-3-5-9-17/h3-11,16,20,23H,12-15,21-22H2,1-2H3. The number of nitrogens with two attached hydrogens (primary N) is 2. The minimum atomic E-state index is -0.179. The number of hydrogen-bond donors (Lipinski definition) is 3. The van der Waals surface area contributed by atoms with E-state index in [1.165, 1.54) is 0 Å². The molecule has 0 amide bonds. The zero-order valence-corrected chi connectivity index (χ0v) is 15.2. The van der Waals surface area contributed by atoms with E-state index in [9.17, 15) is 0 Å². The van der Waals surface area contributed by atoms with E-state index in [0.717, 1.165) is 36.7 Å². The van der Waals surface area contributed by atoms with Crippen LogP contribution in [-0.2, 0) is 0 Å². The first-order valence-corrected chi connectivity index (χ1v) is 8.76. The molecular weight excluding hydrogens is 312 g/mol. The Bertz CT molecular complexity index is 620. The minimum absolute atomic E-state index is 0.155. The first kappa shape index (κ1) is 19.4. The quantitative estimate of drug-likeness (QED) is 0.617. The van der Waals surface area contributed by atoms with Crippen LogP contribution in [0.3, 0.4) is 0 Å². The Balaban J connectivity index is 2.12. The predicted octanol–water partition coefficient (Wildman–Crippen LogP) is 2.20. The normalized spacial score (nSPS) is 13.6. The van der Waals surface area contributed by atoms with Crippen molar-refractivity contribution in [2.45, 2.75) is 6.04 Å². The van der Waals surface area contributed by atoms with Crippen molar-refractivity contribution in [3.63, 3.8) is 0 Å². The topological polar surface area (TPSA) is 76.5 Å². The third kappa shape index (κ3) is 5.83. The van der Waals surface area contributed by atoms with E-state index in [-0.39, 0.29) is 12.0 Å². The Morgan fingerprint density at radius 1 is 1.08 bits per heavy atom. The molecule has 2 rings (SSSR count). The Morgan fingerprint density at radius 2 is 1.76 bits per heavy atom. The summed E-state index contributed by atoms with van der Waals surface area (Å²) in [5.41, 5.74) is 13.6. The molecule has 5 heteroatoms. The number of ether oxygens (including phenoxy) is 1. The molecule has 5 N–H and O–H groups in total. The third-order valence-electron chi connectivity index (χ3n) is 4.35. The number of nitrogens with one attached hydrogen (secondary N) is 1. The molecule has 0 radical (unpaired) electrons. The molecule has 0 heterocycles. The molecule has 0 aliphatic carbocycles. The lowest BCUT2D eigenvalue weighted by Gasteiger charge is -2.28. The van der Waals surface area contributed by atoms with Crippen LogP contribution in [0.2, 0.25) is 0 Å². The Labute approximate surface area is 151 Å². The van der Waals surface area contributed by atoms with Crippen LogP contribution in [-0.4, -0.2) is 45.2 Å². The fourth-order valence-electron chi connectivity index (χ4n) is 2.85.